The Morgan fingerprint density at radius 1 is 1.29 bits per heavy atom. The van der Waals surface area contributed by atoms with Crippen LogP contribution in [-0.2, 0) is 0 Å². The number of hydrogen-bond acceptors (Lipinski definition) is 3. The van der Waals surface area contributed by atoms with Gasteiger partial charge in [-0.3, -0.25) is 4.79 Å². The molecule has 0 saturated carbocycles. The van der Waals surface area contributed by atoms with Crippen LogP contribution in [0.2, 0.25) is 0 Å². The third-order valence-corrected chi connectivity index (χ3v) is 4.06. The van der Waals surface area contributed by atoms with Crippen molar-refractivity contribution in [2.24, 2.45) is 5.41 Å². The summed E-state index contributed by atoms with van der Waals surface area (Å²) in [6, 6.07) is 7.35. The van der Waals surface area contributed by atoms with Crippen LogP contribution in [-0.4, -0.2) is 30.7 Å². The van der Waals surface area contributed by atoms with Gasteiger partial charge in [-0.05, 0) is 37.1 Å². The third-order valence-electron chi connectivity index (χ3n) is 4.06. The van der Waals surface area contributed by atoms with Crippen molar-refractivity contribution in [2.45, 2.75) is 26.7 Å². The molecule has 1 aromatic carbocycles. The Morgan fingerprint density at radius 3 is 2.38 bits per heavy atom. The van der Waals surface area contributed by atoms with E-state index in [1.165, 1.54) is 0 Å². The second-order valence-corrected chi connectivity index (χ2v) is 5.29. The van der Waals surface area contributed by atoms with E-state index < -0.39 is 0 Å². The average molecular weight is 290 g/mol. The van der Waals surface area contributed by atoms with E-state index in [-0.39, 0.29) is 17.9 Å². The zero-order valence-electron chi connectivity index (χ0n) is 13.0. The fourth-order valence-corrected chi connectivity index (χ4v) is 2.08. The number of carbonyl (C=O) groups is 1. The second-order valence-electron chi connectivity index (χ2n) is 5.29. The molecule has 4 heteroatoms. The first kappa shape index (κ1) is 17.2. The summed E-state index contributed by atoms with van der Waals surface area (Å²) in [6.45, 7) is 9.11. The molecular weight excluding hydrogens is 264 g/mol. The zero-order chi connectivity index (χ0) is 15.7. The number of hydrogen-bond donors (Lipinski definition) is 3. The van der Waals surface area contributed by atoms with Crippen LogP contribution in [0.5, 0.6) is 0 Å². The highest BCUT2D eigenvalue weighted by molar-refractivity contribution is 5.94. The molecule has 0 heterocycles. The van der Waals surface area contributed by atoms with Gasteiger partial charge < -0.3 is 15.7 Å². The van der Waals surface area contributed by atoms with Gasteiger partial charge >= 0.3 is 0 Å². The molecule has 0 aromatic heterocycles. The lowest BCUT2D eigenvalue weighted by Gasteiger charge is -2.30. The predicted molar refractivity (Wildman–Crippen MR) is 87.6 cm³/mol. The van der Waals surface area contributed by atoms with Gasteiger partial charge in [-0.25, -0.2) is 0 Å². The molecule has 0 aliphatic heterocycles. The average Bonchev–Trinajstić information content (AvgIpc) is 2.55. The minimum atomic E-state index is -0.103. The number of amides is 1. The largest absolute Gasteiger partial charge is 0.396 e. The molecule has 0 aliphatic carbocycles. The van der Waals surface area contributed by atoms with E-state index in [9.17, 15) is 9.90 Å². The minimum absolute atomic E-state index is 0.0833. The fraction of sp³-hybridized carbons (Fsp3) is 0.471. The van der Waals surface area contributed by atoms with Crippen LogP contribution in [0.15, 0.2) is 36.9 Å². The molecule has 0 unspecified atom stereocenters. The van der Waals surface area contributed by atoms with Gasteiger partial charge in [-0.2, -0.15) is 0 Å². The number of nitrogens with one attached hydrogen (secondary N) is 2. The van der Waals surface area contributed by atoms with Gasteiger partial charge in [0.2, 0.25) is 0 Å². The fourth-order valence-electron chi connectivity index (χ4n) is 2.08. The Morgan fingerprint density at radius 2 is 1.90 bits per heavy atom. The summed E-state index contributed by atoms with van der Waals surface area (Å²) < 4.78 is 0. The van der Waals surface area contributed by atoms with Crippen LogP contribution >= 0.6 is 0 Å². The molecule has 1 rings (SSSR count). The van der Waals surface area contributed by atoms with Crippen LogP contribution < -0.4 is 10.6 Å². The van der Waals surface area contributed by atoms with Crippen molar-refractivity contribution < 1.29 is 9.90 Å². The number of anilines is 1. The summed E-state index contributed by atoms with van der Waals surface area (Å²) >= 11 is 0. The normalized spacial score (nSPS) is 11.0. The molecule has 0 aliphatic rings. The number of aliphatic hydroxyl groups excluding tert-OH is 1. The molecule has 0 bridgehead atoms. The van der Waals surface area contributed by atoms with Crippen LogP contribution in [0.25, 0.3) is 0 Å². The monoisotopic (exact) mass is 290 g/mol. The van der Waals surface area contributed by atoms with Gasteiger partial charge in [-0.15, -0.1) is 6.58 Å². The molecule has 0 fully saturated rings. The zero-order valence-corrected chi connectivity index (χ0v) is 13.0. The molecule has 4 nitrogen and oxygen atoms in total. The smallest absolute Gasteiger partial charge is 0.251 e. The maximum Gasteiger partial charge on any atom is 0.251 e. The third kappa shape index (κ3) is 4.90. The summed E-state index contributed by atoms with van der Waals surface area (Å²) in [5.74, 6) is -0.103. The number of carbonyl (C=O) groups excluding carboxylic acids is 1. The quantitative estimate of drug-likeness (QED) is 0.613. The number of rotatable bonds is 9. The van der Waals surface area contributed by atoms with E-state index in [0.29, 0.717) is 12.1 Å². The van der Waals surface area contributed by atoms with Crippen molar-refractivity contribution in [3.05, 3.63) is 42.5 Å². The molecule has 1 amide bonds. The van der Waals surface area contributed by atoms with Crippen molar-refractivity contribution in [1.82, 2.24) is 5.32 Å². The molecule has 0 atom stereocenters. The van der Waals surface area contributed by atoms with Crippen LogP contribution in [0.4, 0.5) is 5.69 Å². The van der Waals surface area contributed by atoms with E-state index in [4.69, 9.17) is 0 Å². The van der Waals surface area contributed by atoms with E-state index in [1.54, 1.807) is 18.2 Å². The number of aliphatic hydroxyl groups is 1. The summed E-state index contributed by atoms with van der Waals surface area (Å²) in [4.78, 5) is 11.8. The first-order valence-corrected chi connectivity index (χ1v) is 7.44. The first-order chi connectivity index (χ1) is 10.1. The van der Waals surface area contributed by atoms with E-state index in [1.807, 2.05) is 12.1 Å². The second kappa shape index (κ2) is 8.47. The highest BCUT2D eigenvalue weighted by Crippen LogP contribution is 2.26. The molecule has 21 heavy (non-hydrogen) atoms. The SMILES string of the molecule is C=CCNC(=O)c1ccc(NCC(CC)(CC)CO)cc1. The van der Waals surface area contributed by atoms with Crippen LogP contribution in [0.1, 0.15) is 37.0 Å². The summed E-state index contributed by atoms with van der Waals surface area (Å²) in [6.07, 6.45) is 3.50. The van der Waals surface area contributed by atoms with Crippen molar-refractivity contribution in [2.75, 3.05) is 25.0 Å². The summed E-state index contributed by atoms with van der Waals surface area (Å²) in [7, 11) is 0. The standard InChI is InChI=1S/C17H26N2O2/c1-4-11-18-16(21)14-7-9-15(10-8-14)19-12-17(5-2,6-3)13-20/h4,7-10,19-20H,1,5-6,11-13H2,2-3H3,(H,18,21). The molecule has 0 saturated heterocycles. The highest BCUT2D eigenvalue weighted by Gasteiger charge is 2.24. The first-order valence-electron chi connectivity index (χ1n) is 7.44. The van der Waals surface area contributed by atoms with E-state index in [0.717, 1.165) is 25.1 Å². The molecular formula is C17H26N2O2. The lowest BCUT2D eigenvalue weighted by Crippen LogP contribution is -2.32. The summed E-state index contributed by atoms with van der Waals surface area (Å²) in [5, 5.41) is 15.6. The lowest BCUT2D eigenvalue weighted by molar-refractivity contribution is 0.0958. The molecule has 116 valence electrons. The molecule has 0 spiro atoms. The van der Waals surface area contributed by atoms with Crippen molar-refractivity contribution in [3.8, 4) is 0 Å². The highest BCUT2D eigenvalue weighted by atomic mass is 16.3. The number of benzene rings is 1. The molecule has 3 N–H and O–H groups in total. The van der Waals surface area contributed by atoms with Gasteiger partial charge in [0, 0.05) is 29.8 Å². The van der Waals surface area contributed by atoms with E-state index >= 15 is 0 Å². The van der Waals surface area contributed by atoms with Gasteiger partial charge in [-0.1, -0.05) is 19.9 Å². The van der Waals surface area contributed by atoms with E-state index in [2.05, 4.69) is 31.1 Å². The van der Waals surface area contributed by atoms with Gasteiger partial charge in [0.15, 0.2) is 0 Å². The van der Waals surface area contributed by atoms with Gasteiger partial charge in [0.05, 0.1) is 6.61 Å². The van der Waals surface area contributed by atoms with Gasteiger partial charge in [0.1, 0.15) is 0 Å². The molecule has 1 aromatic rings. The Hall–Kier alpha value is -1.81. The Bertz CT molecular complexity index is 442. The Kier molecular flexibility index (Phi) is 6.96. The van der Waals surface area contributed by atoms with Gasteiger partial charge in [0.25, 0.3) is 5.91 Å². The lowest BCUT2D eigenvalue weighted by atomic mass is 9.83. The van der Waals surface area contributed by atoms with Crippen molar-refractivity contribution in [1.29, 1.82) is 0 Å². The summed E-state index contributed by atoms with van der Waals surface area (Å²) in [5.41, 5.74) is 1.50. The maximum atomic E-state index is 11.8. The molecule has 0 radical (unpaired) electrons. The Labute approximate surface area is 127 Å². The van der Waals surface area contributed by atoms with Crippen molar-refractivity contribution >= 4 is 11.6 Å². The topological polar surface area (TPSA) is 61.4 Å². The maximum absolute atomic E-state index is 11.8. The predicted octanol–water partition coefficient (Wildman–Crippen LogP) is 2.81. The minimum Gasteiger partial charge on any atom is -0.396 e. The Balaban J connectivity index is 2.62. The van der Waals surface area contributed by atoms with Crippen LogP contribution in [0.3, 0.4) is 0 Å². The van der Waals surface area contributed by atoms with Crippen molar-refractivity contribution in [3.63, 3.8) is 0 Å². The van der Waals surface area contributed by atoms with Crippen LogP contribution in [0, 0.1) is 5.41 Å².